The number of Topliss-reactive ketones (excluding diaryl/α,β-unsaturated/α-hetero) is 1. The van der Waals surface area contributed by atoms with Crippen LogP contribution in [0.5, 0.6) is 0 Å². The van der Waals surface area contributed by atoms with Crippen LogP contribution in [0.2, 0.25) is 0 Å². The van der Waals surface area contributed by atoms with Crippen molar-refractivity contribution in [1.82, 2.24) is 5.32 Å². The Hall–Kier alpha value is -0.860. The van der Waals surface area contributed by atoms with E-state index in [0.29, 0.717) is 31.0 Å². The number of rotatable bonds is 11. The minimum Gasteiger partial charge on any atom is -0.356 e. The molecule has 0 aliphatic rings. The highest BCUT2D eigenvalue weighted by Crippen LogP contribution is 2.05. The van der Waals surface area contributed by atoms with Gasteiger partial charge >= 0.3 is 0 Å². The molecule has 0 aromatic rings. The SMILES string of the molecule is CCC(=O)CCCCCC(=O)NCCCC(C)C. The van der Waals surface area contributed by atoms with E-state index >= 15 is 0 Å². The summed E-state index contributed by atoms with van der Waals surface area (Å²) in [7, 11) is 0. The van der Waals surface area contributed by atoms with Crippen LogP contribution in [-0.2, 0) is 9.59 Å². The first-order valence-corrected chi connectivity index (χ1v) is 7.34. The Kier molecular flexibility index (Phi) is 10.7. The number of nitrogens with one attached hydrogen (secondary N) is 1. The Morgan fingerprint density at radius 1 is 1.00 bits per heavy atom. The van der Waals surface area contributed by atoms with Crippen LogP contribution >= 0.6 is 0 Å². The minimum atomic E-state index is 0.153. The highest BCUT2D eigenvalue weighted by atomic mass is 16.1. The molecule has 0 saturated heterocycles. The molecule has 0 atom stereocenters. The second kappa shape index (κ2) is 11.2. The molecule has 0 fully saturated rings. The van der Waals surface area contributed by atoms with Crippen molar-refractivity contribution in [2.45, 2.75) is 72.1 Å². The van der Waals surface area contributed by atoms with Crippen LogP contribution in [0.15, 0.2) is 0 Å². The van der Waals surface area contributed by atoms with Gasteiger partial charge in [-0.1, -0.05) is 27.2 Å². The lowest BCUT2D eigenvalue weighted by Crippen LogP contribution is -2.24. The number of hydrogen-bond donors (Lipinski definition) is 1. The molecule has 0 bridgehead atoms. The van der Waals surface area contributed by atoms with Crippen LogP contribution in [0, 0.1) is 5.92 Å². The van der Waals surface area contributed by atoms with E-state index in [2.05, 4.69) is 19.2 Å². The van der Waals surface area contributed by atoms with E-state index in [-0.39, 0.29) is 5.91 Å². The monoisotopic (exact) mass is 255 g/mol. The van der Waals surface area contributed by atoms with E-state index in [9.17, 15) is 9.59 Å². The molecule has 0 spiro atoms. The summed E-state index contributed by atoms with van der Waals surface area (Å²) in [6, 6.07) is 0. The Morgan fingerprint density at radius 3 is 2.28 bits per heavy atom. The van der Waals surface area contributed by atoms with Crippen LogP contribution in [0.1, 0.15) is 72.1 Å². The lowest BCUT2D eigenvalue weighted by atomic mass is 10.1. The van der Waals surface area contributed by atoms with E-state index in [0.717, 1.165) is 32.2 Å². The van der Waals surface area contributed by atoms with E-state index in [4.69, 9.17) is 0 Å². The number of unbranched alkanes of at least 4 members (excludes halogenated alkanes) is 2. The van der Waals surface area contributed by atoms with Gasteiger partial charge in [0.05, 0.1) is 0 Å². The molecule has 0 heterocycles. The molecule has 0 saturated carbocycles. The zero-order valence-corrected chi connectivity index (χ0v) is 12.3. The van der Waals surface area contributed by atoms with E-state index < -0.39 is 0 Å². The molecule has 0 aliphatic heterocycles. The number of ketones is 1. The van der Waals surface area contributed by atoms with Gasteiger partial charge in [0.1, 0.15) is 5.78 Å². The maximum absolute atomic E-state index is 11.5. The molecule has 0 aliphatic carbocycles. The molecule has 0 aromatic heterocycles. The van der Waals surface area contributed by atoms with Crippen molar-refractivity contribution in [2.75, 3.05) is 6.54 Å². The third kappa shape index (κ3) is 11.6. The van der Waals surface area contributed by atoms with Crippen LogP contribution in [0.25, 0.3) is 0 Å². The number of amides is 1. The molecule has 3 heteroatoms. The fourth-order valence-corrected chi connectivity index (χ4v) is 1.79. The zero-order chi connectivity index (χ0) is 13.8. The Labute approximate surface area is 112 Å². The smallest absolute Gasteiger partial charge is 0.219 e. The molecule has 0 rings (SSSR count). The average Bonchev–Trinajstić information content (AvgIpc) is 2.33. The number of carbonyl (C=O) groups excluding carboxylic acids is 2. The fourth-order valence-electron chi connectivity index (χ4n) is 1.79. The first kappa shape index (κ1) is 17.1. The van der Waals surface area contributed by atoms with Crippen LogP contribution < -0.4 is 5.32 Å². The van der Waals surface area contributed by atoms with Gasteiger partial charge in [-0.05, 0) is 31.6 Å². The third-order valence-corrected chi connectivity index (χ3v) is 3.03. The predicted molar refractivity (Wildman–Crippen MR) is 75.5 cm³/mol. The maximum atomic E-state index is 11.5. The van der Waals surface area contributed by atoms with Crippen molar-refractivity contribution >= 4 is 11.7 Å². The van der Waals surface area contributed by atoms with Gasteiger partial charge in [0.25, 0.3) is 0 Å². The predicted octanol–water partition coefficient (Wildman–Crippen LogP) is 3.47. The van der Waals surface area contributed by atoms with Gasteiger partial charge in [0, 0.05) is 25.8 Å². The quantitative estimate of drug-likeness (QED) is 0.575. The van der Waals surface area contributed by atoms with Crippen molar-refractivity contribution in [3.63, 3.8) is 0 Å². The molecule has 0 radical (unpaired) electrons. The second-order valence-electron chi connectivity index (χ2n) is 5.34. The van der Waals surface area contributed by atoms with Crippen LogP contribution in [-0.4, -0.2) is 18.2 Å². The van der Waals surface area contributed by atoms with Gasteiger partial charge in [0.15, 0.2) is 0 Å². The maximum Gasteiger partial charge on any atom is 0.219 e. The van der Waals surface area contributed by atoms with Gasteiger partial charge in [-0.15, -0.1) is 0 Å². The van der Waals surface area contributed by atoms with Crippen molar-refractivity contribution < 1.29 is 9.59 Å². The molecular weight excluding hydrogens is 226 g/mol. The molecule has 106 valence electrons. The van der Waals surface area contributed by atoms with Crippen LogP contribution in [0.3, 0.4) is 0 Å². The van der Waals surface area contributed by atoms with Gasteiger partial charge in [0.2, 0.25) is 5.91 Å². The van der Waals surface area contributed by atoms with Gasteiger partial charge in [-0.25, -0.2) is 0 Å². The highest BCUT2D eigenvalue weighted by Gasteiger charge is 2.02. The molecule has 3 nitrogen and oxygen atoms in total. The largest absolute Gasteiger partial charge is 0.356 e. The standard InChI is InChI=1S/C15H29NO2/c1-4-14(17)10-6-5-7-11-15(18)16-12-8-9-13(2)3/h13H,4-12H2,1-3H3,(H,16,18). The normalized spacial score (nSPS) is 10.7. The summed E-state index contributed by atoms with van der Waals surface area (Å²) < 4.78 is 0. The summed E-state index contributed by atoms with van der Waals surface area (Å²) in [5, 5.41) is 2.94. The van der Waals surface area contributed by atoms with Gasteiger partial charge in [-0.2, -0.15) is 0 Å². The lowest BCUT2D eigenvalue weighted by Gasteiger charge is -2.06. The molecular formula is C15H29NO2. The molecule has 0 unspecified atom stereocenters. The molecule has 18 heavy (non-hydrogen) atoms. The summed E-state index contributed by atoms with van der Waals surface area (Å²) in [6.07, 6.45) is 6.93. The van der Waals surface area contributed by atoms with Crippen molar-refractivity contribution in [3.05, 3.63) is 0 Å². The minimum absolute atomic E-state index is 0.153. The van der Waals surface area contributed by atoms with Crippen molar-refractivity contribution in [2.24, 2.45) is 5.92 Å². The first-order chi connectivity index (χ1) is 8.56. The summed E-state index contributed by atoms with van der Waals surface area (Å²) in [6.45, 7) is 7.08. The van der Waals surface area contributed by atoms with E-state index in [1.54, 1.807) is 0 Å². The van der Waals surface area contributed by atoms with Gasteiger partial charge < -0.3 is 5.32 Å². The summed E-state index contributed by atoms with van der Waals surface area (Å²) in [5.41, 5.74) is 0. The zero-order valence-electron chi connectivity index (χ0n) is 12.3. The molecule has 1 N–H and O–H groups in total. The summed E-state index contributed by atoms with van der Waals surface area (Å²) in [5.74, 6) is 1.19. The highest BCUT2D eigenvalue weighted by molar-refractivity contribution is 5.78. The van der Waals surface area contributed by atoms with E-state index in [1.807, 2.05) is 6.92 Å². The third-order valence-electron chi connectivity index (χ3n) is 3.03. The van der Waals surface area contributed by atoms with Crippen molar-refractivity contribution in [3.8, 4) is 0 Å². The van der Waals surface area contributed by atoms with Gasteiger partial charge in [-0.3, -0.25) is 9.59 Å². The number of hydrogen-bond acceptors (Lipinski definition) is 2. The average molecular weight is 255 g/mol. The Bertz CT molecular complexity index is 237. The molecule has 0 aromatic carbocycles. The lowest BCUT2D eigenvalue weighted by molar-refractivity contribution is -0.121. The summed E-state index contributed by atoms with van der Waals surface area (Å²) >= 11 is 0. The molecule has 1 amide bonds. The number of carbonyl (C=O) groups is 2. The first-order valence-electron chi connectivity index (χ1n) is 7.34. The Morgan fingerprint density at radius 2 is 1.67 bits per heavy atom. The van der Waals surface area contributed by atoms with Crippen molar-refractivity contribution in [1.29, 1.82) is 0 Å². The summed E-state index contributed by atoms with van der Waals surface area (Å²) in [4.78, 5) is 22.5. The van der Waals surface area contributed by atoms with E-state index in [1.165, 1.54) is 6.42 Å². The topological polar surface area (TPSA) is 46.2 Å². The Balaban J connectivity index is 3.29. The fraction of sp³-hybridized carbons (Fsp3) is 0.867. The van der Waals surface area contributed by atoms with Crippen LogP contribution in [0.4, 0.5) is 0 Å². The second-order valence-corrected chi connectivity index (χ2v) is 5.34.